The SMILES string of the molecule is COc1ccc2ncc(Cl)c([C@H](O)CCC3(CO)CCN(CC4CCCC4)CC3)c2c1. The van der Waals surface area contributed by atoms with E-state index >= 15 is 0 Å². The van der Waals surface area contributed by atoms with Crippen LogP contribution in [-0.4, -0.2) is 53.4 Å². The van der Waals surface area contributed by atoms with Crippen molar-refractivity contribution in [3.63, 3.8) is 0 Å². The first-order chi connectivity index (χ1) is 15.0. The van der Waals surface area contributed by atoms with Crippen LogP contribution in [0.25, 0.3) is 10.9 Å². The Hall–Kier alpha value is -1.40. The zero-order valence-corrected chi connectivity index (χ0v) is 19.3. The summed E-state index contributed by atoms with van der Waals surface area (Å²) in [5, 5.41) is 22.6. The van der Waals surface area contributed by atoms with Crippen molar-refractivity contribution in [2.45, 2.75) is 57.5 Å². The van der Waals surface area contributed by atoms with Gasteiger partial charge in [0.2, 0.25) is 0 Å². The van der Waals surface area contributed by atoms with Crippen LogP contribution in [0.4, 0.5) is 0 Å². The summed E-state index contributed by atoms with van der Waals surface area (Å²) in [5.41, 5.74) is 1.38. The first-order valence-electron chi connectivity index (χ1n) is 11.7. The maximum Gasteiger partial charge on any atom is 0.119 e. The third kappa shape index (κ3) is 5.16. The lowest BCUT2D eigenvalue weighted by molar-refractivity contribution is 0.0197. The smallest absolute Gasteiger partial charge is 0.119 e. The molecule has 0 amide bonds. The Kier molecular flexibility index (Phi) is 7.37. The topological polar surface area (TPSA) is 65.8 Å². The third-order valence-corrected chi connectivity index (χ3v) is 7.89. The van der Waals surface area contributed by atoms with Crippen LogP contribution < -0.4 is 4.74 Å². The van der Waals surface area contributed by atoms with Gasteiger partial charge in [0.05, 0.1) is 23.8 Å². The minimum absolute atomic E-state index is 0.111. The minimum Gasteiger partial charge on any atom is -0.497 e. The number of hydrogen-bond acceptors (Lipinski definition) is 5. The number of aliphatic hydroxyl groups excluding tert-OH is 2. The number of likely N-dealkylation sites (tertiary alicyclic amines) is 1. The average Bonchev–Trinajstić information content (AvgIpc) is 3.31. The van der Waals surface area contributed by atoms with Gasteiger partial charge >= 0.3 is 0 Å². The Morgan fingerprint density at radius 3 is 2.68 bits per heavy atom. The fourth-order valence-corrected chi connectivity index (χ4v) is 5.75. The Morgan fingerprint density at radius 1 is 1.26 bits per heavy atom. The van der Waals surface area contributed by atoms with Gasteiger partial charge in [0.25, 0.3) is 0 Å². The van der Waals surface area contributed by atoms with Crippen LogP contribution in [0.3, 0.4) is 0 Å². The molecule has 1 saturated heterocycles. The lowest BCUT2D eigenvalue weighted by atomic mass is 9.74. The number of benzene rings is 1. The highest BCUT2D eigenvalue weighted by molar-refractivity contribution is 6.32. The molecule has 1 aromatic heterocycles. The van der Waals surface area contributed by atoms with Crippen LogP contribution >= 0.6 is 11.6 Å². The van der Waals surface area contributed by atoms with Gasteiger partial charge in [-0.3, -0.25) is 4.98 Å². The molecule has 0 unspecified atom stereocenters. The lowest BCUT2D eigenvalue weighted by Crippen LogP contribution is -2.43. The summed E-state index contributed by atoms with van der Waals surface area (Å²) in [6.45, 7) is 3.48. The Bertz CT molecular complexity index is 876. The molecule has 1 aromatic carbocycles. The van der Waals surface area contributed by atoms with Gasteiger partial charge in [0.1, 0.15) is 5.75 Å². The molecule has 1 aliphatic carbocycles. The van der Waals surface area contributed by atoms with E-state index in [1.54, 1.807) is 13.3 Å². The minimum atomic E-state index is -0.704. The molecule has 0 bridgehead atoms. The van der Waals surface area contributed by atoms with Crippen molar-refractivity contribution in [3.05, 3.63) is 35.0 Å². The Labute approximate surface area is 190 Å². The number of rotatable bonds is 8. The molecule has 4 rings (SSSR count). The number of pyridine rings is 1. The maximum absolute atomic E-state index is 11.1. The molecule has 2 aromatic rings. The van der Waals surface area contributed by atoms with Crippen molar-refractivity contribution in [1.29, 1.82) is 0 Å². The van der Waals surface area contributed by atoms with Gasteiger partial charge in [-0.15, -0.1) is 0 Å². The van der Waals surface area contributed by atoms with E-state index in [-0.39, 0.29) is 12.0 Å². The molecule has 1 aliphatic heterocycles. The van der Waals surface area contributed by atoms with Crippen LogP contribution in [-0.2, 0) is 0 Å². The second-order valence-electron chi connectivity index (χ2n) is 9.57. The van der Waals surface area contributed by atoms with E-state index in [1.807, 2.05) is 18.2 Å². The van der Waals surface area contributed by atoms with Crippen molar-refractivity contribution in [3.8, 4) is 5.75 Å². The van der Waals surface area contributed by atoms with Gasteiger partial charge in [-0.1, -0.05) is 24.4 Å². The van der Waals surface area contributed by atoms with E-state index in [0.717, 1.165) is 49.2 Å². The highest BCUT2D eigenvalue weighted by Crippen LogP contribution is 2.41. The van der Waals surface area contributed by atoms with Gasteiger partial charge in [-0.2, -0.15) is 0 Å². The third-order valence-electron chi connectivity index (χ3n) is 7.59. The molecule has 2 heterocycles. The summed E-state index contributed by atoms with van der Waals surface area (Å²) in [6, 6.07) is 5.63. The maximum atomic E-state index is 11.1. The van der Waals surface area contributed by atoms with E-state index in [4.69, 9.17) is 16.3 Å². The zero-order valence-electron chi connectivity index (χ0n) is 18.5. The molecule has 1 atom stereocenters. The Balaban J connectivity index is 1.41. The molecule has 2 fully saturated rings. The first-order valence-corrected chi connectivity index (χ1v) is 12.0. The number of halogens is 1. The highest BCUT2D eigenvalue weighted by atomic mass is 35.5. The van der Waals surface area contributed by atoms with E-state index in [9.17, 15) is 10.2 Å². The predicted molar refractivity (Wildman–Crippen MR) is 125 cm³/mol. The number of aliphatic hydroxyl groups is 2. The van der Waals surface area contributed by atoms with Gasteiger partial charge in [-0.05, 0) is 81.1 Å². The largest absolute Gasteiger partial charge is 0.497 e. The molecule has 1 saturated carbocycles. The highest BCUT2D eigenvalue weighted by Gasteiger charge is 2.35. The first kappa shape index (κ1) is 22.8. The molecule has 31 heavy (non-hydrogen) atoms. The van der Waals surface area contributed by atoms with Gasteiger partial charge in [-0.25, -0.2) is 0 Å². The lowest BCUT2D eigenvalue weighted by Gasteiger charge is -2.42. The van der Waals surface area contributed by atoms with Crippen molar-refractivity contribution < 1.29 is 14.9 Å². The molecule has 170 valence electrons. The molecule has 5 nitrogen and oxygen atoms in total. The molecule has 2 aliphatic rings. The summed E-state index contributed by atoms with van der Waals surface area (Å²) in [4.78, 5) is 6.97. The fraction of sp³-hybridized carbons (Fsp3) is 0.640. The number of nitrogens with zero attached hydrogens (tertiary/aromatic N) is 2. The number of ether oxygens (including phenoxy) is 1. The van der Waals surface area contributed by atoms with Crippen LogP contribution in [0, 0.1) is 11.3 Å². The van der Waals surface area contributed by atoms with Crippen LogP contribution in [0.1, 0.15) is 63.0 Å². The fourth-order valence-electron chi connectivity index (χ4n) is 5.48. The van der Waals surface area contributed by atoms with E-state index in [2.05, 4.69) is 9.88 Å². The summed E-state index contributed by atoms with van der Waals surface area (Å²) in [7, 11) is 1.62. The van der Waals surface area contributed by atoms with Crippen LogP contribution in [0.5, 0.6) is 5.75 Å². The molecule has 6 heteroatoms. The van der Waals surface area contributed by atoms with E-state index in [1.165, 1.54) is 32.2 Å². The second kappa shape index (κ2) is 10.0. The molecule has 0 spiro atoms. The van der Waals surface area contributed by atoms with Gasteiger partial charge in [0, 0.05) is 30.3 Å². The second-order valence-corrected chi connectivity index (χ2v) is 9.97. The normalized spacial score (nSPS) is 20.9. The Morgan fingerprint density at radius 2 is 2.00 bits per heavy atom. The summed E-state index contributed by atoms with van der Waals surface area (Å²) in [6.07, 6.45) is 9.75. The number of aromatic nitrogens is 1. The van der Waals surface area contributed by atoms with E-state index < -0.39 is 6.10 Å². The van der Waals surface area contributed by atoms with Gasteiger partial charge in [0.15, 0.2) is 0 Å². The van der Waals surface area contributed by atoms with Crippen LogP contribution in [0.15, 0.2) is 24.4 Å². The average molecular weight is 447 g/mol. The standard InChI is InChI=1S/C25H35ClN2O3/c1-31-19-6-7-22-20(14-19)24(21(26)15-27-22)23(30)8-9-25(17-29)10-12-28(13-11-25)16-18-4-2-3-5-18/h6-7,14-15,18,23,29-30H,2-5,8-13,16-17H2,1H3/t23-/m1/s1. The number of hydrogen-bond donors (Lipinski definition) is 2. The molecule has 0 radical (unpaired) electrons. The van der Waals surface area contributed by atoms with Crippen LogP contribution in [0.2, 0.25) is 5.02 Å². The molecular weight excluding hydrogens is 412 g/mol. The van der Waals surface area contributed by atoms with Crippen molar-refractivity contribution in [2.75, 3.05) is 33.4 Å². The van der Waals surface area contributed by atoms with Crippen molar-refractivity contribution in [1.82, 2.24) is 9.88 Å². The van der Waals surface area contributed by atoms with Crippen molar-refractivity contribution in [2.24, 2.45) is 11.3 Å². The van der Waals surface area contributed by atoms with Gasteiger partial charge < -0.3 is 19.8 Å². The number of piperidine rings is 1. The molecule has 2 N–H and O–H groups in total. The van der Waals surface area contributed by atoms with E-state index in [0.29, 0.717) is 22.8 Å². The summed E-state index contributed by atoms with van der Waals surface area (Å²) >= 11 is 6.46. The number of methoxy groups -OCH3 is 1. The monoisotopic (exact) mass is 446 g/mol. The zero-order chi connectivity index (χ0) is 21.8. The van der Waals surface area contributed by atoms with Crippen molar-refractivity contribution >= 4 is 22.5 Å². The predicted octanol–water partition coefficient (Wildman–Crippen LogP) is 4.98. The summed E-state index contributed by atoms with van der Waals surface area (Å²) < 4.78 is 5.35. The quantitative estimate of drug-likeness (QED) is 0.598. The summed E-state index contributed by atoms with van der Waals surface area (Å²) in [5.74, 6) is 1.58. The molecular formula is C25H35ClN2O3. The number of fused-ring (bicyclic) bond motifs is 1.